The van der Waals surface area contributed by atoms with E-state index in [0.29, 0.717) is 22.5 Å². The van der Waals surface area contributed by atoms with Crippen molar-refractivity contribution in [3.8, 4) is 11.5 Å². The highest BCUT2D eigenvalue weighted by molar-refractivity contribution is 6.05. The van der Waals surface area contributed by atoms with E-state index in [1.165, 1.54) is 10.9 Å². The number of rotatable bonds is 6. The van der Waals surface area contributed by atoms with Gasteiger partial charge in [-0.2, -0.15) is 0 Å². The average Bonchev–Trinajstić information content (AvgIpc) is 2.97. The van der Waals surface area contributed by atoms with Crippen LogP contribution >= 0.6 is 0 Å². The number of amides is 1. The first-order valence-corrected chi connectivity index (χ1v) is 8.36. The number of aryl methyl sites for hydroxylation is 1. The van der Waals surface area contributed by atoms with Crippen LogP contribution in [0.25, 0.3) is 21.9 Å². The fourth-order valence-electron chi connectivity index (χ4n) is 2.89. The van der Waals surface area contributed by atoms with Crippen molar-refractivity contribution in [1.82, 2.24) is 19.9 Å². The summed E-state index contributed by atoms with van der Waals surface area (Å²) >= 11 is 0. The third-order valence-corrected chi connectivity index (χ3v) is 4.11. The maximum atomic E-state index is 12.7. The van der Waals surface area contributed by atoms with E-state index in [4.69, 9.17) is 9.47 Å². The molecule has 8 nitrogen and oxygen atoms in total. The third-order valence-electron chi connectivity index (χ3n) is 4.11. The molecule has 3 rings (SSSR count). The highest BCUT2D eigenvalue weighted by Crippen LogP contribution is 2.34. The Bertz CT molecular complexity index is 1020. The normalized spacial score (nSPS) is 11.3. The van der Waals surface area contributed by atoms with Gasteiger partial charge in [-0.1, -0.05) is 0 Å². The predicted octanol–water partition coefficient (Wildman–Crippen LogP) is 1.81. The first-order chi connectivity index (χ1) is 12.4. The fraction of sp³-hybridized carbons (Fsp3) is 0.389. The van der Waals surface area contributed by atoms with Gasteiger partial charge in [0.25, 0.3) is 5.56 Å². The largest absolute Gasteiger partial charge is 0.493 e. The Morgan fingerprint density at radius 1 is 1.27 bits per heavy atom. The Balaban J connectivity index is 2.00. The molecule has 2 aromatic heterocycles. The van der Waals surface area contributed by atoms with E-state index < -0.39 is 0 Å². The summed E-state index contributed by atoms with van der Waals surface area (Å²) in [6, 6.07) is 3.63. The van der Waals surface area contributed by atoms with Crippen LogP contribution in [0, 0.1) is 0 Å². The summed E-state index contributed by atoms with van der Waals surface area (Å²) in [6.45, 7) is 4.05. The molecule has 0 atom stereocenters. The molecule has 26 heavy (non-hydrogen) atoms. The van der Waals surface area contributed by atoms with Crippen LogP contribution in [0.15, 0.2) is 23.3 Å². The minimum absolute atomic E-state index is 0.0681. The zero-order valence-corrected chi connectivity index (χ0v) is 15.3. The van der Waals surface area contributed by atoms with Gasteiger partial charge in [0.2, 0.25) is 5.91 Å². The number of carbonyl (C=O) groups excluding carboxylic acids is 1. The zero-order valence-electron chi connectivity index (χ0n) is 15.3. The van der Waals surface area contributed by atoms with Gasteiger partial charge < -0.3 is 19.8 Å². The average molecular weight is 358 g/mol. The van der Waals surface area contributed by atoms with E-state index in [0.717, 1.165) is 10.9 Å². The van der Waals surface area contributed by atoms with Gasteiger partial charge in [-0.3, -0.25) is 14.2 Å². The van der Waals surface area contributed by atoms with Gasteiger partial charge >= 0.3 is 0 Å². The van der Waals surface area contributed by atoms with Gasteiger partial charge in [-0.25, -0.2) is 4.98 Å². The minimum atomic E-state index is -0.221. The standard InChI is InChI=1S/C18H22N4O4/c1-10(2)20-15(23)5-6-22-9-19-16-11-7-13(25-3)14(26-4)8-12(11)21-17(16)18(22)24/h7-10,21H,5-6H2,1-4H3,(H,20,23). The number of nitrogens with one attached hydrogen (secondary N) is 2. The van der Waals surface area contributed by atoms with Crippen LogP contribution in [-0.4, -0.2) is 40.7 Å². The maximum absolute atomic E-state index is 12.7. The van der Waals surface area contributed by atoms with Crippen LogP contribution < -0.4 is 20.3 Å². The molecule has 0 aliphatic heterocycles. The van der Waals surface area contributed by atoms with E-state index >= 15 is 0 Å². The van der Waals surface area contributed by atoms with Crippen molar-refractivity contribution in [3.63, 3.8) is 0 Å². The monoisotopic (exact) mass is 358 g/mol. The molecule has 0 spiro atoms. The Morgan fingerprint density at radius 2 is 1.96 bits per heavy atom. The second-order valence-corrected chi connectivity index (χ2v) is 6.32. The molecule has 0 fully saturated rings. The summed E-state index contributed by atoms with van der Waals surface area (Å²) in [5, 5.41) is 3.58. The van der Waals surface area contributed by atoms with Gasteiger partial charge in [0, 0.05) is 30.5 Å². The van der Waals surface area contributed by atoms with Crippen molar-refractivity contribution >= 4 is 27.8 Å². The van der Waals surface area contributed by atoms with Gasteiger partial charge in [-0.15, -0.1) is 0 Å². The van der Waals surface area contributed by atoms with Crippen molar-refractivity contribution in [2.24, 2.45) is 0 Å². The lowest BCUT2D eigenvalue weighted by molar-refractivity contribution is -0.121. The molecular formula is C18H22N4O4. The van der Waals surface area contributed by atoms with Crippen LogP contribution in [0.4, 0.5) is 0 Å². The van der Waals surface area contributed by atoms with Gasteiger partial charge in [0.1, 0.15) is 11.0 Å². The summed E-state index contributed by atoms with van der Waals surface area (Å²) in [7, 11) is 3.11. The van der Waals surface area contributed by atoms with E-state index in [1.54, 1.807) is 26.4 Å². The molecule has 0 unspecified atom stereocenters. The first-order valence-electron chi connectivity index (χ1n) is 8.36. The predicted molar refractivity (Wildman–Crippen MR) is 98.9 cm³/mol. The van der Waals surface area contributed by atoms with E-state index in [1.807, 2.05) is 13.8 Å². The number of hydrogen-bond donors (Lipinski definition) is 2. The molecule has 8 heteroatoms. The van der Waals surface area contributed by atoms with Crippen LogP contribution in [-0.2, 0) is 11.3 Å². The van der Waals surface area contributed by atoms with E-state index in [9.17, 15) is 9.59 Å². The van der Waals surface area contributed by atoms with Crippen LogP contribution in [0.1, 0.15) is 20.3 Å². The summed E-state index contributed by atoms with van der Waals surface area (Å²) < 4.78 is 12.1. The van der Waals surface area contributed by atoms with Crippen LogP contribution in [0.5, 0.6) is 11.5 Å². The molecular weight excluding hydrogens is 336 g/mol. The Labute approximate surface area is 150 Å². The fourth-order valence-corrected chi connectivity index (χ4v) is 2.89. The highest BCUT2D eigenvalue weighted by Gasteiger charge is 2.15. The number of methoxy groups -OCH3 is 2. The SMILES string of the molecule is COc1cc2[nH]c3c(=O)n(CCC(=O)NC(C)C)cnc3c2cc1OC. The molecule has 1 aromatic carbocycles. The summed E-state index contributed by atoms with van der Waals surface area (Å²) in [4.78, 5) is 32.0. The van der Waals surface area contributed by atoms with Gasteiger partial charge in [-0.05, 0) is 19.9 Å². The Hall–Kier alpha value is -3.03. The maximum Gasteiger partial charge on any atom is 0.277 e. The molecule has 0 aliphatic rings. The second-order valence-electron chi connectivity index (χ2n) is 6.32. The summed E-state index contributed by atoms with van der Waals surface area (Å²) in [5.41, 5.74) is 1.47. The second kappa shape index (κ2) is 7.07. The van der Waals surface area contributed by atoms with E-state index in [-0.39, 0.29) is 30.5 Å². The molecule has 0 saturated heterocycles. The summed E-state index contributed by atoms with van der Waals surface area (Å²) in [5.74, 6) is 1.03. The molecule has 2 N–H and O–H groups in total. The molecule has 0 aliphatic carbocycles. The third kappa shape index (κ3) is 3.22. The highest BCUT2D eigenvalue weighted by atomic mass is 16.5. The number of nitrogens with zero attached hydrogens (tertiary/aromatic N) is 2. The molecule has 0 radical (unpaired) electrons. The van der Waals surface area contributed by atoms with E-state index in [2.05, 4.69) is 15.3 Å². The van der Waals surface area contributed by atoms with Crippen molar-refractivity contribution in [2.75, 3.05) is 14.2 Å². The minimum Gasteiger partial charge on any atom is -0.493 e. The number of H-pyrrole nitrogens is 1. The molecule has 3 aromatic rings. The van der Waals surface area contributed by atoms with Crippen molar-refractivity contribution in [3.05, 3.63) is 28.8 Å². The Morgan fingerprint density at radius 3 is 2.62 bits per heavy atom. The number of aromatic nitrogens is 3. The first kappa shape index (κ1) is 17.8. The molecule has 1 amide bonds. The lowest BCUT2D eigenvalue weighted by atomic mass is 10.2. The topological polar surface area (TPSA) is 98.2 Å². The lowest BCUT2D eigenvalue weighted by Gasteiger charge is -2.09. The van der Waals surface area contributed by atoms with Crippen LogP contribution in [0.2, 0.25) is 0 Å². The number of benzene rings is 1. The zero-order chi connectivity index (χ0) is 18.8. The molecule has 138 valence electrons. The smallest absolute Gasteiger partial charge is 0.277 e. The van der Waals surface area contributed by atoms with Crippen molar-refractivity contribution < 1.29 is 14.3 Å². The molecule has 2 heterocycles. The number of aromatic amines is 1. The molecule has 0 bridgehead atoms. The number of carbonyl (C=O) groups is 1. The quantitative estimate of drug-likeness (QED) is 0.700. The van der Waals surface area contributed by atoms with Gasteiger partial charge in [0.15, 0.2) is 11.5 Å². The van der Waals surface area contributed by atoms with Crippen LogP contribution in [0.3, 0.4) is 0 Å². The van der Waals surface area contributed by atoms with Crippen molar-refractivity contribution in [2.45, 2.75) is 32.9 Å². The van der Waals surface area contributed by atoms with Gasteiger partial charge in [0.05, 0.1) is 26.1 Å². The lowest BCUT2D eigenvalue weighted by Crippen LogP contribution is -2.32. The number of fused-ring (bicyclic) bond motifs is 3. The number of hydrogen-bond acceptors (Lipinski definition) is 5. The number of ether oxygens (including phenoxy) is 2. The molecule has 0 saturated carbocycles. The Kier molecular flexibility index (Phi) is 4.83. The van der Waals surface area contributed by atoms with Crippen molar-refractivity contribution in [1.29, 1.82) is 0 Å². The summed E-state index contributed by atoms with van der Waals surface area (Å²) in [6.07, 6.45) is 1.68.